The number of hydrogen-bond donors (Lipinski definition) is 0. The first-order valence-electron chi connectivity index (χ1n) is 23.1. The van der Waals surface area contributed by atoms with E-state index in [9.17, 15) is 0 Å². The smallest absolute Gasteiger partial charge is 0.243 e. The van der Waals surface area contributed by atoms with Gasteiger partial charge >= 0.3 is 0 Å². The van der Waals surface area contributed by atoms with Gasteiger partial charge in [0, 0.05) is 106 Å². The van der Waals surface area contributed by atoms with Crippen LogP contribution in [0.1, 0.15) is 128 Å². The molecule has 0 atom stereocenters. The molecule has 2 aliphatic heterocycles. The molecule has 2 heteroatoms. The summed E-state index contributed by atoms with van der Waals surface area (Å²) >= 11 is 0. The number of anilines is 1. The molecular weight excluding hydrogens is 797 g/mol. The Morgan fingerprint density at radius 1 is 0.530 bits per heavy atom. The second kappa shape index (κ2) is 28.7. The molecule has 0 unspecified atom stereocenters. The van der Waals surface area contributed by atoms with Crippen LogP contribution in [0.5, 0.6) is 0 Å². The molecule has 324 valence electrons. The SMILES string of the molecule is C#CC#CC#CC#CC#CC#CC#CC#CC#CC#CC#C[N+]1=C(/C=C/C=C/C=C/C=C2/N(CCCCCCCCCCCCCC)c3ccc(C)cc3C2(C)C)C(C)(C)c2ccccc21. The van der Waals surface area contributed by atoms with Gasteiger partial charge in [-0.1, -0.05) is 158 Å². The van der Waals surface area contributed by atoms with Gasteiger partial charge in [0.1, 0.15) is 0 Å². The first-order chi connectivity index (χ1) is 32.2. The molecule has 4 rings (SSSR count). The van der Waals surface area contributed by atoms with Crippen LogP contribution in [0.3, 0.4) is 0 Å². The van der Waals surface area contributed by atoms with Crippen LogP contribution in [0.15, 0.2) is 90.7 Å². The van der Waals surface area contributed by atoms with Crippen molar-refractivity contribution >= 4 is 17.1 Å². The summed E-state index contributed by atoms with van der Waals surface area (Å²) in [5.74, 6) is 51.6. The van der Waals surface area contributed by atoms with E-state index in [4.69, 9.17) is 6.42 Å². The first kappa shape index (κ1) is 50.7. The molecule has 2 aromatic carbocycles. The van der Waals surface area contributed by atoms with Crippen LogP contribution < -0.4 is 4.90 Å². The maximum absolute atomic E-state index is 5.00. The quantitative estimate of drug-likeness (QED) is 0.0665. The van der Waals surface area contributed by atoms with Crippen molar-refractivity contribution in [2.45, 2.75) is 129 Å². The van der Waals surface area contributed by atoms with E-state index in [2.05, 4.69) is 250 Å². The largest absolute Gasteiger partial charge is 0.344 e. The van der Waals surface area contributed by atoms with Gasteiger partial charge in [-0.3, -0.25) is 0 Å². The number of benzene rings is 2. The van der Waals surface area contributed by atoms with E-state index in [1.165, 1.54) is 105 Å². The Bertz CT molecular complexity index is 2930. The van der Waals surface area contributed by atoms with Crippen molar-refractivity contribution in [1.29, 1.82) is 0 Å². The maximum atomic E-state index is 5.00. The molecule has 0 aliphatic carbocycles. The maximum Gasteiger partial charge on any atom is 0.243 e. The second-order valence-corrected chi connectivity index (χ2v) is 16.9. The molecule has 0 aromatic heterocycles. The summed E-state index contributed by atoms with van der Waals surface area (Å²) in [6.07, 6.45) is 36.3. The van der Waals surface area contributed by atoms with Crippen molar-refractivity contribution in [3.8, 4) is 131 Å². The Kier molecular flexibility index (Phi) is 22.0. The predicted octanol–water partition coefficient (Wildman–Crippen LogP) is 12.0. The number of allylic oxidation sites excluding steroid dienone is 8. The van der Waals surface area contributed by atoms with Gasteiger partial charge in [0.15, 0.2) is 0 Å². The Morgan fingerprint density at radius 3 is 1.58 bits per heavy atom. The Morgan fingerprint density at radius 2 is 1.02 bits per heavy atom. The predicted molar refractivity (Wildman–Crippen MR) is 279 cm³/mol. The first-order valence-corrected chi connectivity index (χ1v) is 23.1. The lowest BCUT2D eigenvalue weighted by molar-refractivity contribution is -0.332. The van der Waals surface area contributed by atoms with E-state index in [-0.39, 0.29) is 10.8 Å². The zero-order valence-corrected chi connectivity index (χ0v) is 39.7. The van der Waals surface area contributed by atoms with Crippen LogP contribution in [0.4, 0.5) is 11.4 Å². The molecular formula is C64H59N2+. The summed E-state index contributed by atoms with van der Waals surface area (Å²) in [6.45, 7) is 14.7. The van der Waals surface area contributed by atoms with Crippen LogP contribution in [-0.4, -0.2) is 16.8 Å². The van der Waals surface area contributed by atoms with Gasteiger partial charge in [-0.2, -0.15) is 0 Å². The molecule has 2 heterocycles. The van der Waals surface area contributed by atoms with Crippen molar-refractivity contribution in [3.05, 3.63) is 107 Å². The van der Waals surface area contributed by atoms with Crippen LogP contribution in [0, 0.1) is 138 Å². The van der Waals surface area contributed by atoms with Crippen molar-refractivity contribution in [1.82, 2.24) is 0 Å². The van der Waals surface area contributed by atoms with E-state index >= 15 is 0 Å². The zero-order valence-electron chi connectivity index (χ0n) is 39.7. The lowest BCUT2D eigenvalue weighted by Crippen LogP contribution is -2.27. The summed E-state index contributed by atoms with van der Waals surface area (Å²) in [4.78, 5) is 2.57. The number of rotatable bonds is 17. The summed E-state index contributed by atoms with van der Waals surface area (Å²) in [7, 11) is 0. The lowest BCUT2D eigenvalue weighted by Gasteiger charge is -2.27. The minimum atomic E-state index is -0.253. The van der Waals surface area contributed by atoms with E-state index in [0.29, 0.717) is 0 Å². The molecule has 0 amide bonds. The number of aryl methyl sites for hydroxylation is 1. The monoisotopic (exact) mass is 855 g/mol. The van der Waals surface area contributed by atoms with Crippen molar-refractivity contribution in [3.63, 3.8) is 0 Å². The fraction of sp³-hybridized carbons (Fsp3) is 0.328. The molecule has 2 aromatic rings. The molecule has 0 saturated carbocycles. The van der Waals surface area contributed by atoms with Crippen LogP contribution >= 0.6 is 0 Å². The Balaban J connectivity index is 1.38. The number of terminal acetylenes is 1. The van der Waals surface area contributed by atoms with Gasteiger partial charge < -0.3 is 4.90 Å². The summed E-state index contributed by atoms with van der Waals surface area (Å²) in [6, 6.07) is 18.6. The van der Waals surface area contributed by atoms with Gasteiger partial charge in [-0.05, 0) is 92.3 Å². The van der Waals surface area contributed by atoms with E-state index < -0.39 is 0 Å². The average Bonchev–Trinajstić information content (AvgIpc) is 3.65. The Labute approximate surface area is 399 Å². The minimum Gasteiger partial charge on any atom is -0.344 e. The number of unbranched alkanes of at least 4 members (excludes halogenated alkanes) is 11. The fourth-order valence-corrected chi connectivity index (χ4v) is 7.93. The second-order valence-electron chi connectivity index (χ2n) is 16.9. The van der Waals surface area contributed by atoms with Gasteiger partial charge in [0.2, 0.25) is 17.4 Å². The van der Waals surface area contributed by atoms with E-state index in [1.807, 2.05) is 10.6 Å². The van der Waals surface area contributed by atoms with Gasteiger partial charge in [0.25, 0.3) is 0 Å². The normalized spacial score (nSPS) is 13.5. The van der Waals surface area contributed by atoms with Gasteiger partial charge in [-0.25, -0.2) is 0 Å². The molecule has 0 spiro atoms. The third kappa shape index (κ3) is 16.3. The van der Waals surface area contributed by atoms with Crippen molar-refractivity contribution in [2.75, 3.05) is 11.4 Å². The fourth-order valence-electron chi connectivity index (χ4n) is 7.93. The summed E-state index contributed by atoms with van der Waals surface area (Å²) in [5, 5.41) is 0. The number of nitrogens with zero attached hydrogens (tertiary/aromatic N) is 2. The lowest BCUT2D eigenvalue weighted by atomic mass is 9.81. The van der Waals surface area contributed by atoms with Crippen LogP contribution in [-0.2, 0) is 10.8 Å². The minimum absolute atomic E-state index is 0.0707. The number of para-hydroxylation sites is 1. The molecule has 66 heavy (non-hydrogen) atoms. The van der Waals surface area contributed by atoms with Crippen LogP contribution in [0.2, 0.25) is 0 Å². The van der Waals surface area contributed by atoms with Crippen molar-refractivity contribution < 1.29 is 4.58 Å². The highest BCUT2D eigenvalue weighted by Crippen LogP contribution is 2.48. The van der Waals surface area contributed by atoms with E-state index in [1.54, 1.807) is 0 Å². The Hall–Kier alpha value is -7.97. The van der Waals surface area contributed by atoms with E-state index in [0.717, 1.165) is 17.9 Å². The molecule has 2 aliphatic rings. The summed E-state index contributed by atoms with van der Waals surface area (Å²) in [5.41, 5.74) is 8.44. The highest BCUT2D eigenvalue weighted by atomic mass is 15.2. The number of hydrogen-bond acceptors (Lipinski definition) is 1. The molecule has 0 saturated heterocycles. The average molecular weight is 856 g/mol. The van der Waals surface area contributed by atoms with Gasteiger partial charge in [0.05, 0.1) is 11.3 Å². The molecule has 0 fully saturated rings. The summed E-state index contributed by atoms with van der Waals surface area (Å²) < 4.78 is 2.02. The van der Waals surface area contributed by atoms with Crippen LogP contribution in [0.25, 0.3) is 0 Å². The zero-order chi connectivity index (χ0) is 47.1. The third-order valence-electron chi connectivity index (χ3n) is 11.3. The highest BCUT2D eigenvalue weighted by molar-refractivity contribution is 6.03. The number of fused-ring (bicyclic) bond motifs is 2. The topological polar surface area (TPSA) is 6.25 Å². The van der Waals surface area contributed by atoms with Gasteiger partial charge in [-0.15, -0.1) is 11.0 Å². The third-order valence-corrected chi connectivity index (χ3v) is 11.3. The molecule has 0 bridgehead atoms. The molecule has 0 N–H and O–H groups in total. The standard InChI is InChI=1S/C64H59N2/c1-8-10-12-14-16-18-20-22-23-24-25-26-27-28-29-31-33-34-39-45-53-65-59-48-44-43-47-57(59)63(4,5)61(65)49-41-37-36-38-42-50-62-64(6,7)58-55-56(3)51-52-60(58)66(62)54-46-40-35-32-30-21-19-17-15-13-11-9-2/h1,36-38,41-44,47-52,55H,9,11,13,15,17,19,21,30,32,35,40,46,54H2,2-7H3/q+1. The molecule has 2 nitrogen and oxygen atoms in total. The highest BCUT2D eigenvalue weighted by Gasteiger charge is 2.44. The molecule has 0 radical (unpaired) electrons. The van der Waals surface area contributed by atoms with Crippen molar-refractivity contribution in [2.24, 2.45) is 0 Å².